The molecule has 0 amide bonds. The Kier molecular flexibility index (Phi) is 6.53. The lowest BCUT2D eigenvalue weighted by molar-refractivity contribution is 0.167. The van der Waals surface area contributed by atoms with Crippen LogP contribution in [0.4, 0.5) is 21.5 Å². The van der Waals surface area contributed by atoms with Gasteiger partial charge in [0.2, 0.25) is 0 Å². The van der Waals surface area contributed by atoms with Gasteiger partial charge in [-0.05, 0) is 37.7 Å². The Morgan fingerprint density at radius 3 is 2.44 bits per heavy atom. The predicted octanol–water partition coefficient (Wildman–Crippen LogP) is 2.13. The normalized spacial score (nSPS) is 16.0. The number of benzene rings is 2. The smallest absolute Gasteiger partial charge is 0.331 e. The van der Waals surface area contributed by atoms with Crippen LogP contribution in [0.2, 0.25) is 0 Å². The van der Waals surface area contributed by atoms with Crippen LogP contribution in [0, 0.1) is 5.82 Å². The van der Waals surface area contributed by atoms with Gasteiger partial charge in [0.1, 0.15) is 5.75 Å². The molecule has 27 heavy (non-hydrogen) atoms. The van der Waals surface area contributed by atoms with Gasteiger partial charge in [-0.15, -0.1) is 12.4 Å². The zero-order valence-electron chi connectivity index (χ0n) is 14.5. The summed E-state index contributed by atoms with van der Waals surface area (Å²) in [6, 6.07) is 9.90. The van der Waals surface area contributed by atoms with Crippen LogP contribution < -0.4 is 13.9 Å². The Morgan fingerprint density at radius 1 is 1.15 bits per heavy atom. The molecule has 0 aromatic heterocycles. The first-order valence-corrected chi connectivity index (χ1v) is 9.49. The van der Waals surface area contributed by atoms with Gasteiger partial charge >= 0.3 is 10.2 Å². The number of halogens is 2. The van der Waals surface area contributed by atoms with Crippen molar-refractivity contribution >= 4 is 39.7 Å². The molecule has 0 aliphatic carbocycles. The van der Waals surface area contributed by atoms with E-state index >= 15 is 0 Å². The van der Waals surface area contributed by atoms with Crippen molar-refractivity contribution in [2.24, 2.45) is 0 Å². The largest absolute Gasteiger partial charge is 0.508 e. The number of hydrogen-bond acceptors (Lipinski definition) is 5. The average molecular weight is 418 g/mol. The fourth-order valence-electron chi connectivity index (χ4n) is 2.95. The van der Waals surface area contributed by atoms with E-state index in [-0.39, 0.29) is 36.8 Å². The molecular formula is C17H21ClFN3O4S. The molecule has 1 aliphatic heterocycles. The number of nitrogens with one attached hydrogen (secondary N) is 1. The molecule has 0 radical (unpaired) electrons. The zero-order chi connectivity index (χ0) is 18.9. The Balaban J connectivity index is 0.00000261. The van der Waals surface area contributed by atoms with Crippen molar-refractivity contribution in [3.05, 3.63) is 48.3 Å². The third-order valence-corrected chi connectivity index (χ3v) is 5.92. The van der Waals surface area contributed by atoms with Gasteiger partial charge in [0.15, 0.2) is 5.82 Å². The number of anilines is 3. The number of rotatable bonds is 6. The van der Waals surface area contributed by atoms with E-state index in [1.54, 1.807) is 31.3 Å². The van der Waals surface area contributed by atoms with Gasteiger partial charge in [0.25, 0.3) is 0 Å². The Bertz CT molecular complexity index is 913. The minimum Gasteiger partial charge on any atom is -0.508 e. The molecule has 0 bridgehead atoms. The molecule has 0 saturated heterocycles. The fourth-order valence-corrected chi connectivity index (χ4v) is 4.68. The molecule has 0 fully saturated rings. The van der Waals surface area contributed by atoms with Crippen LogP contribution >= 0.6 is 12.4 Å². The molecule has 1 aliphatic rings. The number of fused-ring (bicyclic) bond motifs is 1. The molecule has 2 aromatic rings. The lowest BCUT2D eigenvalue weighted by atomic mass is 10.2. The van der Waals surface area contributed by atoms with Crippen LogP contribution in [0.25, 0.3) is 0 Å². The number of phenols is 1. The first kappa shape index (κ1) is 21.2. The number of likely N-dealkylation sites (N-methyl/N-ethyl adjacent to an activating group) is 1. The summed E-state index contributed by atoms with van der Waals surface area (Å²) in [4.78, 5) is 0. The Morgan fingerprint density at radius 2 is 1.81 bits per heavy atom. The first-order valence-electron chi connectivity index (χ1n) is 8.09. The van der Waals surface area contributed by atoms with Crippen LogP contribution in [0.5, 0.6) is 5.75 Å². The quantitative estimate of drug-likeness (QED) is 0.669. The van der Waals surface area contributed by atoms with Gasteiger partial charge in [-0.25, -0.2) is 8.70 Å². The van der Waals surface area contributed by atoms with E-state index in [9.17, 15) is 23.0 Å². The molecule has 0 unspecified atom stereocenters. The molecule has 0 saturated carbocycles. The number of nitrogens with zero attached hydrogens (tertiary/aromatic N) is 2. The van der Waals surface area contributed by atoms with Crippen LogP contribution in [0.15, 0.2) is 42.5 Å². The van der Waals surface area contributed by atoms with E-state index in [4.69, 9.17) is 0 Å². The summed E-state index contributed by atoms with van der Waals surface area (Å²) >= 11 is 0. The molecular weight excluding hydrogens is 397 g/mol. The van der Waals surface area contributed by atoms with Gasteiger partial charge in [-0.1, -0.05) is 12.1 Å². The van der Waals surface area contributed by atoms with Gasteiger partial charge in [0.05, 0.1) is 23.2 Å². The van der Waals surface area contributed by atoms with Crippen molar-refractivity contribution in [3.63, 3.8) is 0 Å². The fraction of sp³-hybridized carbons (Fsp3) is 0.294. The SMILES string of the molecule is CNC[C@@H](O)CCN1c2ccccc2N(c2ccc(O)cc2F)S1(=O)=O.Cl. The highest BCUT2D eigenvalue weighted by Crippen LogP contribution is 2.46. The summed E-state index contributed by atoms with van der Waals surface area (Å²) in [6.45, 7) is 0.393. The number of aromatic hydroxyl groups is 1. The molecule has 1 atom stereocenters. The van der Waals surface area contributed by atoms with Crippen LogP contribution in [-0.2, 0) is 10.2 Å². The predicted molar refractivity (Wildman–Crippen MR) is 105 cm³/mol. The Labute approximate surface area is 163 Å². The van der Waals surface area contributed by atoms with Gasteiger partial charge in [-0.3, -0.25) is 4.31 Å². The van der Waals surface area contributed by atoms with E-state index in [2.05, 4.69) is 5.32 Å². The number of aliphatic hydroxyl groups is 1. The minimum absolute atomic E-state index is 0. The molecule has 10 heteroatoms. The molecule has 0 spiro atoms. The average Bonchev–Trinajstić information content (AvgIpc) is 2.80. The Hall–Kier alpha value is -2.07. The second-order valence-electron chi connectivity index (χ2n) is 5.97. The molecule has 3 rings (SSSR count). The third-order valence-electron chi connectivity index (χ3n) is 4.13. The molecule has 2 aromatic carbocycles. The zero-order valence-corrected chi connectivity index (χ0v) is 16.2. The van der Waals surface area contributed by atoms with Crippen LogP contribution in [0.1, 0.15) is 6.42 Å². The lowest BCUT2D eigenvalue weighted by Gasteiger charge is -2.23. The summed E-state index contributed by atoms with van der Waals surface area (Å²) in [5, 5.41) is 22.1. The number of para-hydroxylation sites is 2. The van der Waals surface area contributed by atoms with Crippen LogP contribution in [-0.4, -0.2) is 44.9 Å². The second kappa shape index (κ2) is 8.30. The maximum atomic E-state index is 14.3. The van der Waals surface area contributed by atoms with Crippen molar-refractivity contribution in [2.75, 3.05) is 28.7 Å². The van der Waals surface area contributed by atoms with Gasteiger partial charge < -0.3 is 15.5 Å². The maximum Gasteiger partial charge on any atom is 0.331 e. The van der Waals surface area contributed by atoms with Gasteiger partial charge in [-0.2, -0.15) is 8.42 Å². The maximum absolute atomic E-state index is 14.3. The molecule has 1 heterocycles. The summed E-state index contributed by atoms with van der Waals surface area (Å²) in [5.41, 5.74) is 0.561. The topological polar surface area (TPSA) is 93.1 Å². The summed E-state index contributed by atoms with van der Waals surface area (Å²) in [5.74, 6) is -1.14. The molecule has 3 N–H and O–H groups in total. The monoisotopic (exact) mass is 417 g/mol. The highest BCUT2D eigenvalue weighted by Gasteiger charge is 2.42. The van der Waals surface area contributed by atoms with Crippen molar-refractivity contribution in [1.29, 1.82) is 0 Å². The molecule has 148 valence electrons. The van der Waals surface area contributed by atoms with Crippen molar-refractivity contribution in [2.45, 2.75) is 12.5 Å². The lowest BCUT2D eigenvalue weighted by Crippen LogP contribution is -2.38. The highest BCUT2D eigenvalue weighted by molar-refractivity contribution is 7.95. The van der Waals surface area contributed by atoms with Gasteiger partial charge in [0, 0.05) is 19.2 Å². The van der Waals surface area contributed by atoms with Crippen molar-refractivity contribution in [1.82, 2.24) is 5.32 Å². The highest BCUT2D eigenvalue weighted by atomic mass is 35.5. The van der Waals surface area contributed by atoms with Crippen molar-refractivity contribution in [3.8, 4) is 5.75 Å². The van der Waals surface area contributed by atoms with E-state index in [1.165, 1.54) is 12.1 Å². The van der Waals surface area contributed by atoms with E-state index in [0.29, 0.717) is 17.9 Å². The van der Waals surface area contributed by atoms with Crippen molar-refractivity contribution < 1.29 is 23.0 Å². The second-order valence-corrected chi connectivity index (χ2v) is 7.67. The van der Waals surface area contributed by atoms with E-state index < -0.39 is 22.1 Å². The number of aliphatic hydroxyl groups excluding tert-OH is 1. The number of phenolic OH excluding ortho intramolecular Hbond substituents is 1. The minimum atomic E-state index is -4.07. The van der Waals surface area contributed by atoms with E-state index in [1.807, 2.05) is 0 Å². The van der Waals surface area contributed by atoms with Crippen LogP contribution in [0.3, 0.4) is 0 Å². The standard InChI is InChI=1S/C17H20FN3O4S.ClH/c1-19-11-13(23)8-9-20-16-4-2-3-5-17(16)21(26(20,24)25)15-7-6-12(22)10-14(15)18;/h2-7,10,13,19,22-23H,8-9,11H2,1H3;1H/t13-;/m0./s1. The number of hydrogen-bond donors (Lipinski definition) is 3. The summed E-state index contributed by atoms with van der Waals surface area (Å²) < 4.78 is 42.6. The molecule has 7 nitrogen and oxygen atoms in total. The third kappa shape index (κ3) is 3.96. The summed E-state index contributed by atoms with van der Waals surface area (Å²) in [7, 11) is -2.38. The van der Waals surface area contributed by atoms with E-state index in [0.717, 1.165) is 14.7 Å². The summed E-state index contributed by atoms with van der Waals surface area (Å²) in [6.07, 6.45) is -0.484. The first-order chi connectivity index (χ1) is 12.4.